The maximum absolute atomic E-state index is 13.2. The summed E-state index contributed by atoms with van der Waals surface area (Å²) in [5.41, 5.74) is -0.0498. The van der Waals surface area contributed by atoms with Crippen LogP contribution in [0.5, 0.6) is 0 Å². The van der Waals surface area contributed by atoms with Crippen LogP contribution in [0.2, 0.25) is 15.1 Å². The summed E-state index contributed by atoms with van der Waals surface area (Å²) in [6.45, 7) is 1.28. The number of hydrogen-bond donors (Lipinski definition) is 1. The van der Waals surface area contributed by atoms with Gasteiger partial charge in [-0.2, -0.15) is 0 Å². The number of hydrogen-bond acceptors (Lipinski definition) is 1. The van der Waals surface area contributed by atoms with Gasteiger partial charge in [0.25, 0.3) is 5.92 Å². The highest BCUT2D eigenvalue weighted by atomic mass is 35.5. The first-order valence-electron chi connectivity index (χ1n) is 4.50. The summed E-state index contributed by atoms with van der Waals surface area (Å²) in [6.07, 6.45) is -2.42. The normalized spacial score (nSPS) is 13.9. The minimum Gasteiger partial charge on any atom is -0.382 e. The highest BCUT2D eigenvalue weighted by Crippen LogP contribution is 2.39. The van der Waals surface area contributed by atoms with Gasteiger partial charge in [0, 0.05) is 6.42 Å². The number of halogens is 5. The Morgan fingerprint density at radius 3 is 2.06 bits per heavy atom. The van der Waals surface area contributed by atoms with Crippen LogP contribution in [0.25, 0.3) is 0 Å². The highest BCUT2D eigenvalue weighted by Gasteiger charge is 2.37. The summed E-state index contributed by atoms with van der Waals surface area (Å²) < 4.78 is 26.5. The topological polar surface area (TPSA) is 20.2 Å². The summed E-state index contributed by atoms with van der Waals surface area (Å²) in [4.78, 5) is 0. The lowest BCUT2D eigenvalue weighted by Crippen LogP contribution is -2.25. The monoisotopic (exact) mass is 288 g/mol. The Morgan fingerprint density at radius 2 is 1.69 bits per heavy atom. The molecule has 1 aromatic rings. The Kier molecular flexibility index (Phi) is 4.41. The van der Waals surface area contributed by atoms with E-state index >= 15 is 0 Å². The van der Waals surface area contributed by atoms with Gasteiger partial charge in [-0.15, -0.1) is 0 Å². The van der Waals surface area contributed by atoms with Gasteiger partial charge in [0.05, 0.1) is 15.1 Å². The first-order valence-corrected chi connectivity index (χ1v) is 5.63. The van der Waals surface area contributed by atoms with Crippen molar-refractivity contribution in [1.82, 2.24) is 0 Å². The highest BCUT2D eigenvalue weighted by molar-refractivity contribution is 6.48. The van der Waals surface area contributed by atoms with Crippen LogP contribution < -0.4 is 0 Å². The summed E-state index contributed by atoms with van der Waals surface area (Å²) >= 11 is 17.0. The lowest BCUT2D eigenvalue weighted by Gasteiger charge is -2.21. The molecule has 6 heteroatoms. The molecule has 0 aliphatic carbocycles. The molecule has 0 aromatic heterocycles. The van der Waals surface area contributed by atoms with Crippen molar-refractivity contribution in [3.8, 4) is 0 Å². The van der Waals surface area contributed by atoms with Gasteiger partial charge in [0.2, 0.25) is 0 Å². The van der Waals surface area contributed by atoms with Crippen LogP contribution >= 0.6 is 34.8 Å². The molecule has 0 aliphatic heterocycles. The average molecular weight is 290 g/mol. The molecule has 0 saturated heterocycles. The van der Waals surface area contributed by atoms with Crippen LogP contribution in [0.1, 0.15) is 25.0 Å². The van der Waals surface area contributed by atoms with Crippen molar-refractivity contribution >= 4 is 34.8 Å². The van der Waals surface area contributed by atoms with Crippen molar-refractivity contribution in [3.63, 3.8) is 0 Å². The predicted octanol–water partition coefficient (Wildman–Crippen LogP) is 4.73. The van der Waals surface area contributed by atoms with E-state index in [9.17, 15) is 13.9 Å². The van der Waals surface area contributed by atoms with Gasteiger partial charge >= 0.3 is 0 Å². The average Bonchev–Trinajstić information content (AvgIpc) is 2.24. The maximum atomic E-state index is 13.2. The van der Waals surface area contributed by atoms with Crippen molar-refractivity contribution in [3.05, 3.63) is 32.8 Å². The van der Waals surface area contributed by atoms with Crippen LogP contribution in [-0.2, 0) is 0 Å². The summed E-state index contributed by atoms with van der Waals surface area (Å²) in [5.74, 6) is -3.22. The number of aliphatic hydroxyl groups excluding tert-OH is 1. The van der Waals surface area contributed by atoms with Gasteiger partial charge in [-0.3, -0.25) is 0 Å². The summed E-state index contributed by atoms with van der Waals surface area (Å²) in [7, 11) is 0. The molecule has 0 heterocycles. The molecule has 0 spiro atoms. The van der Waals surface area contributed by atoms with Crippen molar-refractivity contribution in [2.75, 3.05) is 0 Å². The van der Waals surface area contributed by atoms with E-state index in [0.29, 0.717) is 0 Å². The Hall–Kier alpha value is -0.0900. The number of aliphatic hydroxyl groups is 1. The fourth-order valence-electron chi connectivity index (χ4n) is 1.17. The molecule has 0 radical (unpaired) electrons. The zero-order chi connectivity index (χ0) is 12.5. The zero-order valence-corrected chi connectivity index (χ0v) is 10.5. The lowest BCUT2D eigenvalue weighted by atomic mass is 10.0. The van der Waals surface area contributed by atoms with E-state index in [4.69, 9.17) is 34.8 Å². The molecule has 0 amide bonds. The van der Waals surface area contributed by atoms with E-state index in [1.165, 1.54) is 19.1 Å². The van der Waals surface area contributed by atoms with Crippen molar-refractivity contribution in [1.29, 1.82) is 0 Å². The van der Waals surface area contributed by atoms with Gasteiger partial charge in [0.15, 0.2) is 0 Å². The molecule has 16 heavy (non-hydrogen) atoms. The second-order valence-electron chi connectivity index (χ2n) is 3.32. The Labute approximate surface area is 107 Å². The second kappa shape index (κ2) is 5.05. The Morgan fingerprint density at radius 1 is 1.25 bits per heavy atom. The molecular formula is C10H9Cl3F2O. The van der Waals surface area contributed by atoms with Crippen LogP contribution in [0.15, 0.2) is 12.1 Å². The maximum Gasteiger partial charge on any atom is 0.277 e. The zero-order valence-electron chi connectivity index (χ0n) is 8.28. The van der Waals surface area contributed by atoms with Gasteiger partial charge in [0.1, 0.15) is 6.10 Å². The van der Waals surface area contributed by atoms with E-state index < -0.39 is 18.4 Å². The van der Waals surface area contributed by atoms with Crippen LogP contribution in [-0.4, -0.2) is 11.0 Å². The molecule has 0 bridgehead atoms. The second-order valence-corrected chi connectivity index (χ2v) is 4.51. The van der Waals surface area contributed by atoms with E-state index in [1.54, 1.807) is 0 Å². The summed E-state index contributed by atoms with van der Waals surface area (Å²) in [5, 5.41) is 9.63. The van der Waals surface area contributed by atoms with E-state index in [2.05, 4.69) is 0 Å². The molecule has 90 valence electrons. The molecule has 1 rings (SSSR count). The van der Waals surface area contributed by atoms with Gasteiger partial charge < -0.3 is 5.11 Å². The number of benzene rings is 1. The molecule has 0 saturated carbocycles. The number of alkyl halides is 2. The molecule has 1 aromatic carbocycles. The van der Waals surface area contributed by atoms with E-state index in [0.717, 1.165) is 0 Å². The quantitative estimate of drug-likeness (QED) is 0.798. The van der Waals surface area contributed by atoms with E-state index in [-0.39, 0.29) is 20.6 Å². The molecule has 1 N–H and O–H groups in total. The fraction of sp³-hybridized carbons (Fsp3) is 0.400. The van der Waals surface area contributed by atoms with Gasteiger partial charge in [-0.25, -0.2) is 8.78 Å². The molecule has 0 fully saturated rings. The third-order valence-electron chi connectivity index (χ3n) is 2.19. The van der Waals surface area contributed by atoms with Gasteiger partial charge in [-0.05, 0) is 17.7 Å². The standard InChI is InChI=1S/C10H9Cl3F2O/c1-2-10(14,15)9(16)5-3-6(11)8(13)7(12)4-5/h3-4,9,16H,2H2,1H3. The minimum atomic E-state index is -3.22. The molecule has 0 aliphatic rings. The number of rotatable bonds is 3. The lowest BCUT2D eigenvalue weighted by molar-refractivity contribution is -0.112. The molecule has 1 atom stereocenters. The molecule has 1 unspecified atom stereocenters. The third-order valence-corrected chi connectivity index (χ3v) is 3.39. The first kappa shape index (κ1) is 14.0. The molecule has 1 nitrogen and oxygen atoms in total. The van der Waals surface area contributed by atoms with Crippen molar-refractivity contribution in [2.24, 2.45) is 0 Å². The summed E-state index contributed by atoms with van der Waals surface area (Å²) in [6, 6.07) is 2.37. The van der Waals surface area contributed by atoms with E-state index in [1.807, 2.05) is 0 Å². The molecular weight excluding hydrogens is 280 g/mol. The smallest absolute Gasteiger partial charge is 0.277 e. The van der Waals surface area contributed by atoms with Crippen molar-refractivity contribution < 1.29 is 13.9 Å². The van der Waals surface area contributed by atoms with Crippen LogP contribution in [0.3, 0.4) is 0 Å². The Balaban J connectivity index is 3.15. The SMILES string of the molecule is CCC(F)(F)C(O)c1cc(Cl)c(Cl)c(Cl)c1. The fourth-order valence-corrected chi connectivity index (χ4v) is 1.78. The predicted molar refractivity (Wildman–Crippen MR) is 61.7 cm³/mol. The first-order chi connectivity index (χ1) is 7.29. The van der Waals surface area contributed by atoms with Crippen LogP contribution in [0.4, 0.5) is 8.78 Å². The largest absolute Gasteiger partial charge is 0.382 e. The Bertz CT molecular complexity index is 373. The van der Waals surface area contributed by atoms with Crippen LogP contribution in [0, 0.1) is 0 Å². The van der Waals surface area contributed by atoms with Crippen molar-refractivity contribution in [2.45, 2.75) is 25.4 Å². The van der Waals surface area contributed by atoms with Gasteiger partial charge in [-0.1, -0.05) is 41.7 Å². The minimum absolute atomic E-state index is 0.0371. The third kappa shape index (κ3) is 2.77.